The zero-order valence-corrected chi connectivity index (χ0v) is 18.3. The normalized spacial score (nSPS) is 18.7. The first-order chi connectivity index (χ1) is 14.0. The molecule has 2 aliphatic rings. The molecule has 0 unspecified atom stereocenters. The summed E-state index contributed by atoms with van der Waals surface area (Å²) >= 11 is 5.44. The lowest BCUT2D eigenvalue weighted by atomic mass is 10.0. The lowest BCUT2D eigenvalue weighted by molar-refractivity contribution is 0.444. The number of piperidine rings is 1. The number of hydrogen-bond donors (Lipinski definition) is 2. The van der Waals surface area contributed by atoms with Crippen LogP contribution in [0.3, 0.4) is 0 Å². The van der Waals surface area contributed by atoms with Crippen LogP contribution in [0.4, 0.5) is 17.6 Å². The Kier molecular flexibility index (Phi) is 5.85. The second-order valence-electron chi connectivity index (χ2n) is 8.48. The maximum Gasteiger partial charge on any atom is 0.232 e. The molecule has 1 aromatic carbocycles. The van der Waals surface area contributed by atoms with Crippen molar-refractivity contribution >= 4 is 34.9 Å². The van der Waals surface area contributed by atoms with Crippen molar-refractivity contribution in [3.8, 4) is 0 Å². The van der Waals surface area contributed by atoms with Gasteiger partial charge in [-0.3, -0.25) is 0 Å². The van der Waals surface area contributed by atoms with Crippen LogP contribution in [0.25, 0.3) is 0 Å². The van der Waals surface area contributed by atoms with E-state index >= 15 is 0 Å². The number of anilines is 3. The maximum absolute atomic E-state index is 5.44. The predicted octanol–water partition coefficient (Wildman–Crippen LogP) is 3.93. The van der Waals surface area contributed by atoms with Gasteiger partial charge in [0.25, 0.3) is 0 Å². The average Bonchev–Trinajstić information content (AvgIpc) is 3.11. The molecule has 2 aromatic rings. The number of aromatic nitrogens is 2. The Morgan fingerprint density at radius 3 is 2.38 bits per heavy atom. The van der Waals surface area contributed by atoms with Gasteiger partial charge >= 0.3 is 0 Å². The van der Waals surface area contributed by atoms with Crippen LogP contribution in [0.5, 0.6) is 0 Å². The fourth-order valence-electron chi connectivity index (χ4n) is 4.09. The Hall–Kier alpha value is -2.41. The highest BCUT2D eigenvalue weighted by Crippen LogP contribution is 2.31. The van der Waals surface area contributed by atoms with E-state index in [2.05, 4.69) is 71.5 Å². The van der Waals surface area contributed by atoms with Crippen LogP contribution < -0.4 is 20.4 Å². The van der Waals surface area contributed by atoms with E-state index in [1.165, 1.54) is 24.0 Å². The first kappa shape index (κ1) is 19.9. The van der Waals surface area contributed by atoms with E-state index in [1.807, 2.05) is 0 Å². The minimum absolute atomic E-state index is 0.258. The zero-order chi connectivity index (χ0) is 20.4. The molecule has 0 bridgehead atoms. The van der Waals surface area contributed by atoms with Crippen LogP contribution >= 0.6 is 12.2 Å². The first-order valence-corrected chi connectivity index (χ1v) is 10.9. The molecule has 0 amide bonds. The Morgan fingerprint density at radius 1 is 1.10 bits per heavy atom. The van der Waals surface area contributed by atoms with Gasteiger partial charge in [-0.25, -0.2) is 0 Å². The molecule has 154 valence electrons. The van der Waals surface area contributed by atoms with Crippen molar-refractivity contribution in [2.24, 2.45) is 5.92 Å². The van der Waals surface area contributed by atoms with E-state index in [4.69, 9.17) is 22.2 Å². The Labute approximate surface area is 178 Å². The minimum Gasteiger partial charge on any atom is -0.360 e. The summed E-state index contributed by atoms with van der Waals surface area (Å²) in [5.41, 5.74) is 2.73. The molecule has 0 aliphatic carbocycles. The van der Waals surface area contributed by atoms with Crippen LogP contribution in [0, 0.1) is 5.92 Å². The molecule has 3 heterocycles. The van der Waals surface area contributed by atoms with E-state index in [0.29, 0.717) is 17.0 Å². The maximum atomic E-state index is 5.44. The summed E-state index contributed by atoms with van der Waals surface area (Å²) in [7, 11) is 0. The van der Waals surface area contributed by atoms with Gasteiger partial charge in [0.05, 0.1) is 0 Å². The van der Waals surface area contributed by atoms with Gasteiger partial charge in [0.1, 0.15) is 11.6 Å². The smallest absolute Gasteiger partial charge is 0.232 e. The number of fused-ring (bicyclic) bond motifs is 1. The largest absolute Gasteiger partial charge is 0.360 e. The molecule has 1 atom stereocenters. The summed E-state index contributed by atoms with van der Waals surface area (Å²) in [6.45, 7) is 10.3. The highest BCUT2D eigenvalue weighted by Gasteiger charge is 2.24. The average molecular weight is 411 g/mol. The number of nitrogens with zero attached hydrogens (tertiary/aromatic N) is 4. The van der Waals surface area contributed by atoms with Gasteiger partial charge in [-0.2, -0.15) is 9.97 Å². The van der Waals surface area contributed by atoms with Crippen molar-refractivity contribution in [1.82, 2.24) is 15.3 Å². The minimum atomic E-state index is 0.258. The number of thiocarbonyl (C=S) groups is 1. The van der Waals surface area contributed by atoms with Gasteiger partial charge in [0, 0.05) is 38.3 Å². The lowest BCUT2D eigenvalue weighted by Crippen LogP contribution is -2.36. The van der Waals surface area contributed by atoms with E-state index in [-0.39, 0.29) is 6.04 Å². The second-order valence-corrected chi connectivity index (χ2v) is 8.89. The summed E-state index contributed by atoms with van der Waals surface area (Å²) in [4.78, 5) is 14.3. The molecule has 4 rings (SSSR count). The van der Waals surface area contributed by atoms with E-state index < -0.39 is 0 Å². The molecular weight excluding hydrogens is 380 g/mol. The van der Waals surface area contributed by atoms with Crippen molar-refractivity contribution in [3.63, 3.8) is 0 Å². The van der Waals surface area contributed by atoms with Gasteiger partial charge in [-0.05, 0) is 56.0 Å². The summed E-state index contributed by atoms with van der Waals surface area (Å²) in [6, 6.07) is 11.0. The quantitative estimate of drug-likeness (QED) is 0.741. The van der Waals surface area contributed by atoms with Gasteiger partial charge in [0.2, 0.25) is 5.95 Å². The zero-order valence-electron chi connectivity index (χ0n) is 17.5. The number of benzene rings is 1. The highest BCUT2D eigenvalue weighted by molar-refractivity contribution is 7.80. The van der Waals surface area contributed by atoms with Crippen LogP contribution in [-0.2, 0) is 13.1 Å². The Morgan fingerprint density at radius 2 is 1.76 bits per heavy atom. The van der Waals surface area contributed by atoms with Gasteiger partial charge in [0.15, 0.2) is 5.11 Å². The highest BCUT2D eigenvalue weighted by atomic mass is 32.1. The molecule has 0 spiro atoms. The molecule has 2 N–H and O–H groups in total. The summed E-state index contributed by atoms with van der Waals surface area (Å²) in [5.74, 6) is 3.16. The van der Waals surface area contributed by atoms with E-state index in [0.717, 1.165) is 37.8 Å². The van der Waals surface area contributed by atoms with Gasteiger partial charge < -0.3 is 20.4 Å². The molecule has 2 aliphatic heterocycles. The molecule has 6 nitrogen and oxygen atoms in total. The monoisotopic (exact) mass is 410 g/mol. The first-order valence-electron chi connectivity index (χ1n) is 10.5. The molecule has 1 aromatic heterocycles. The molecular formula is C22H30N6S. The fourth-order valence-corrected chi connectivity index (χ4v) is 4.42. The van der Waals surface area contributed by atoms with Gasteiger partial charge in [-0.1, -0.05) is 31.2 Å². The third-order valence-electron chi connectivity index (χ3n) is 5.49. The summed E-state index contributed by atoms with van der Waals surface area (Å²) < 4.78 is 0. The predicted molar refractivity (Wildman–Crippen MR) is 123 cm³/mol. The topological polar surface area (TPSA) is 56.3 Å². The Bertz CT molecular complexity index is 858. The third kappa shape index (κ3) is 4.78. The summed E-state index contributed by atoms with van der Waals surface area (Å²) in [6.07, 6.45) is 2.48. The van der Waals surface area contributed by atoms with Crippen LogP contribution in [0.2, 0.25) is 0 Å². The molecule has 0 saturated carbocycles. The van der Waals surface area contributed by atoms with Crippen LogP contribution in [0.15, 0.2) is 30.3 Å². The van der Waals surface area contributed by atoms with Crippen molar-refractivity contribution in [3.05, 3.63) is 41.5 Å². The van der Waals surface area contributed by atoms with Gasteiger partial charge in [-0.15, -0.1) is 0 Å². The standard InChI is InChI=1S/C22H30N6S/c1-15(2)23-22(29)26-21-24-19(27-10-6-7-16(3)12-27)11-20(25-21)28-13-17-8-4-5-9-18(17)14-28/h4-5,8-9,11,15-16H,6-7,10,12-14H2,1-3H3,(H2,23,24,25,26,29)/t16-/m0/s1. The van der Waals surface area contributed by atoms with E-state index in [1.54, 1.807) is 0 Å². The van der Waals surface area contributed by atoms with E-state index in [9.17, 15) is 0 Å². The van der Waals surface area contributed by atoms with Crippen molar-refractivity contribution < 1.29 is 0 Å². The second kappa shape index (κ2) is 8.53. The SMILES string of the molecule is CC(C)NC(=S)Nc1nc(N2Cc3ccccc3C2)cc(N2CCC[C@H](C)C2)n1. The van der Waals surface area contributed by atoms with Crippen molar-refractivity contribution in [2.75, 3.05) is 28.2 Å². The summed E-state index contributed by atoms with van der Waals surface area (Å²) in [5, 5.41) is 6.96. The third-order valence-corrected chi connectivity index (χ3v) is 5.71. The number of rotatable bonds is 4. The van der Waals surface area contributed by atoms with Crippen LogP contribution in [0.1, 0.15) is 44.7 Å². The molecule has 29 heavy (non-hydrogen) atoms. The fraction of sp³-hybridized carbons (Fsp3) is 0.500. The lowest BCUT2D eigenvalue weighted by Gasteiger charge is -2.32. The molecule has 7 heteroatoms. The Balaban J connectivity index is 1.62. The number of nitrogens with one attached hydrogen (secondary N) is 2. The van der Waals surface area contributed by atoms with Crippen LogP contribution in [-0.4, -0.2) is 34.2 Å². The molecule has 1 fully saturated rings. The number of hydrogen-bond acceptors (Lipinski definition) is 5. The van der Waals surface area contributed by atoms with Crippen molar-refractivity contribution in [1.29, 1.82) is 0 Å². The molecule has 1 saturated heterocycles. The molecule has 0 radical (unpaired) electrons. The van der Waals surface area contributed by atoms with Crippen molar-refractivity contribution in [2.45, 2.75) is 52.7 Å².